The Morgan fingerprint density at radius 2 is 2.08 bits per heavy atom. The number of nitrogens with zero attached hydrogens (tertiary/aromatic N) is 2. The van der Waals surface area contributed by atoms with Crippen LogP contribution >= 0.6 is 0 Å². The van der Waals surface area contributed by atoms with Crippen molar-refractivity contribution < 1.29 is 28.7 Å². The number of likely N-dealkylation sites (tertiary alicyclic amines) is 1. The molecule has 3 rings (SSSR count). The van der Waals surface area contributed by atoms with E-state index in [1.807, 2.05) is 0 Å². The van der Waals surface area contributed by atoms with Gasteiger partial charge in [-0.25, -0.2) is 9.69 Å². The molecular weight excluding hydrogens is 330 g/mol. The Balaban J connectivity index is 1.47. The van der Waals surface area contributed by atoms with E-state index in [4.69, 9.17) is 4.74 Å². The van der Waals surface area contributed by atoms with Gasteiger partial charge in [-0.15, -0.1) is 0 Å². The van der Waals surface area contributed by atoms with E-state index < -0.39 is 12.0 Å². The molecule has 0 bridgehead atoms. The summed E-state index contributed by atoms with van der Waals surface area (Å²) in [6, 6.07) is 6.23. The number of imide groups is 1. The second-order valence-electron chi connectivity index (χ2n) is 5.69. The molecule has 1 aromatic carbocycles. The van der Waals surface area contributed by atoms with Crippen molar-refractivity contribution in [3.05, 3.63) is 29.8 Å². The third-order valence-corrected chi connectivity index (χ3v) is 4.10. The number of cyclic esters (lactones) is 1. The molecule has 0 radical (unpaired) electrons. The van der Waals surface area contributed by atoms with Crippen LogP contribution in [0, 0.1) is 0 Å². The van der Waals surface area contributed by atoms with E-state index in [0.29, 0.717) is 11.3 Å². The number of hydrogen-bond acceptors (Lipinski definition) is 6. The average molecular weight is 347 g/mol. The van der Waals surface area contributed by atoms with Crippen molar-refractivity contribution in [2.45, 2.75) is 6.04 Å². The molecule has 0 unspecified atom stereocenters. The van der Waals surface area contributed by atoms with E-state index in [1.54, 1.807) is 24.3 Å². The summed E-state index contributed by atoms with van der Waals surface area (Å²) in [5, 5.41) is 2.54. The summed E-state index contributed by atoms with van der Waals surface area (Å²) in [7, 11) is 1.50. The van der Waals surface area contributed by atoms with Gasteiger partial charge in [-0.3, -0.25) is 14.4 Å². The lowest BCUT2D eigenvalue weighted by Gasteiger charge is -2.41. The van der Waals surface area contributed by atoms with Crippen molar-refractivity contribution in [2.75, 3.05) is 33.4 Å². The Morgan fingerprint density at radius 3 is 2.72 bits per heavy atom. The lowest BCUT2D eigenvalue weighted by atomic mass is 10.1. The second-order valence-corrected chi connectivity index (χ2v) is 5.69. The standard InChI is InChI=1S/C16H17N3O6/c1-24-12-4-2-3-10(5-12)15(22)17-6-13(20)18-7-11(8-18)19-14(21)9-25-16(19)23/h2-5,11H,6-9H2,1H3,(H,17,22). The van der Waals surface area contributed by atoms with Crippen molar-refractivity contribution in [3.63, 3.8) is 0 Å². The Morgan fingerprint density at radius 1 is 1.32 bits per heavy atom. The molecule has 2 aliphatic rings. The fraction of sp³-hybridized carbons (Fsp3) is 0.375. The normalized spacial score (nSPS) is 17.2. The Kier molecular flexibility index (Phi) is 4.55. The van der Waals surface area contributed by atoms with Crippen molar-refractivity contribution >= 4 is 23.8 Å². The van der Waals surface area contributed by atoms with Gasteiger partial charge in [0.05, 0.1) is 19.7 Å². The number of nitrogens with one attached hydrogen (secondary N) is 1. The number of methoxy groups -OCH3 is 1. The number of hydrogen-bond donors (Lipinski definition) is 1. The second kappa shape index (κ2) is 6.80. The SMILES string of the molecule is COc1cccc(C(=O)NCC(=O)N2CC(N3C(=O)COC3=O)C2)c1. The van der Waals surface area contributed by atoms with Crippen LogP contribution in [0.4, 0.5) is 4.79 Å². The predicted molar refractivity (Wildman–Crippen MR) is 83.9 cm³/mol. The van der Waals surface area contributed by atoms with Gasteiger partial charge in [0.1, 0.15) is 5.75 Å². The van der Waals surface area contributed by atoms with Crippen LogP contribution in [0.3, 0.4) is 0 Å². The van der Waals surface area contributed by atoms with Crippen LogP contribution in [-0.4, -0.2) is 73.0 Å². The highest BCUT2D eigenvalue weighted by Gasteiger charge is 2.44. The van der Waals surface area contributed by atoms with Gasteiger partial charge >= 0.3 is 6.09 Å². The summed E-state index contributed by atoms with van der Waals surface area (Å²) < 4.78 is 9.69. The minimum absolute atomic E-state index is 0.166. The molecule has 132 valence electrons. The quantitative estimate of drug-likeness (QED) is 0.778. The molecule has 0 aromatic heterocycles. The van der Waals surface area contributed by atoms with Crippen molar-refractivity contribution in [1.29, 1.82) is 0 Å². The first-order valence-electron chi connectivity index (χ1n) is 7.68. The molecule has 25 heavy (non-hydrogen) atoms. The van der Waals surface area contributed by atoms with Gasteiger partial charge in [0.25, 0.3) is 11.8 Å². The fourth-order valence-corrected chi connectivity index (χ4v) is 2.67. The minimum Gasteiger partial charge on any atom is -0.497 e. The van der Waals surface area contributed by atoms with Crippen LogP contribution in [0.1, 0.15) is 10.4 Å². The number of rotatable bonds is 5. The van der Waals surface area contributed by atoms with Crippen molar-refractivity contribution in [3.8, 4) is 5.75 Å². The molecule has 0 saturated carbocycles. The fourth-order valence-electron chi connectivity index (χ4n) is 2.67. The third kappa shape index (κ3) is 3.39. The first kappa shape index (κ1) is 16.7. The smallest absolute Gasteiger partial charge is 0.417 e. The first-order valence-corrected chi connectivity index (χ1v) is 7.68. The topological polar surface area (TPSA) is 105 Å². The van der Waals surface area contributed by atoms with E-state index in [0.717, 1.165) is 4.90 Å². The summed E-state index contributed by atoms with van der Waals surface area (Å²) in [5.41, 5.74) is 0.388. The highest BCUT2D eigenvalue weighted by atomic mass is 16.6. The lowest BCUT2D eigenvalue weighted by Crippen LogP contribution is -2.63. The van der Waals surface area contributed by atoms with E-state index in [9.17, 15) is 19.2 Å². The number of carbonyl (C=O) groups is 4. The summed E-state index contributed by atoms with van der Waals surface area (Å²) in [6.07, 6.45) is -0.673. The van der Waals surface area contributed by atoms with Crippen molar-refractivity contribution in [1.82, 2.24) is 15.1 Å². The maximum absolute atomic E-state index is 12.1. The van der Waals surface area contributed by atoms with Crippen LogP contribution in [0.2, 0.25) is 0 Å². The molecular formula is C16H17N3O6. The molecule has 9 nitrogen and oxygen atoms in total. The van der Waals surface area contributed by atoms with Gasteiger partial charge in [0, 0.05) is 18.7 Å². The number of amides is 4. The van der Waals surface area contributed by atoms with Gasteiger partial charge in [0.15, 0.2) is 6.61 Å². The molecule has 4 amide bonds. The maximum Gasteiger partial charge on any atom is 0.417 e. The molecule has 9 heteroatoms. The molecule has 0 atom stereocenters. The minimum atomic E-state index is -0.673. The molecule has 2 heterocycles. The monoisotopic (exact) mass is 347 g/mol. The average Bonchev–Trinajstić information content (AvgIpc) is 2.91. The van der Waals surface area contributed by atoms with Crippen LogP contribution in [0.5, 0.6) is 5.75 Å². The highest BCUT2D eigenvalue weighted by molar-refractivity contribution is 5.99. The number of benzene rings is 1. The third-order valence-electron chi connectivity index (χ3n) is 4.10. The molecule has 2 aliphatic heterocycles. The molecule has 0 aliphatic carbocycles. The highest BCUT2D eigenvalue weighted by Crippen LogP contribution is 2.19. The van der Waals surface area contributed by atoms with Crippen LogP contribution in [0.25, 0.3) is 0 Å². The molecule has 2 fully saturated rings. The largest absolute Gasteiger partial charge is 0.497 e. The van der Waals surface area contributed by atoms with Gasteiger partial charge in [-0.05, 0) is 18.2 Å². The van der Waals surface area contributed by atoms with Crippen molar-refractivity contribution in [2.24, 2.45) is 0 Å². The van der Waals surface area contributed by atoms with E-state index in [-0.39, 0.29) is 44.1 Å². The van der Waals surface area contributed by atoms with Gasteiger partial charge < -0.3 is 19.7 Å². The summed E-state index contributed by atoms with van der Waals surface area (Å²) in [5.74, 6) is -0.518. The Hall–Kier alpha value is -3.10. The van der Waals surface area contributed by atoms with Crippen LogP contribution < -0.4 is 10.1 Å². The van der Waals surface area contributed by atoms with E-state index >= 15 is 0 Å². The number of ether oxygens (including phenoxy) is 2. The Labute approximate surface area is 143 Å². The van der Waals surface area contributed by atoms with Crippen LogP contribution in [0.15, 0.2) is 24.3 Å². The van der Waals surface area contributed by atoms with Gasteiger partial charge in [0.2, 0.25) is 5.91 Å². The number of carbonyl (C=O) groups excluding carboxylic acids is 4. The zero-order chi connectivity index (χ0) is 18.0. The summed E-state index contributed by atoms with van der Waals surface area (Å²) in [6.45, 7) is 0.0738. The lowest BCUT2D eigenvalue weighted by molar-refractivity contribution is -0.141. The molecule has 0 spiro atoms. The molecule has 1 N–H and O–H groups in total. The Bertz CT molecular complexity index is 712. The van der Waals surface area contributed by atoms with Crippen LogP contribution in [-0.2, 0) is 14.3 Å². The summed E-state index contributed by atoms with van der Waals surface area (Å²) in [4.78, 5) is 49.6. The molecule has 1 aromatic rings. The van der Waals surface area contributed by atoms with Gasteiger partial charge in [-0.1, -0.05) is 6.07 Å². The molecule has 2 saturated heterocycles. The zero-order valence-corrected chi connectivity index (χ0v) is 13.6. The maximum atomic E-state index is 12.1. The van der Waals surface area contributed by atoms with E-state index in [1.165, 1.54) is 12.0 Å². The van der Waals surface area contributed by atoms with E-state index in [2.05, 4.69) is 10.1 Å². The predicted octanol–water partition coefficient (Wildman–Crippen LogP) is -0.385. The first-order chi connectivity index (χ1) is 12.0. The summed E-state index contributed by atoms with van der Waals surface area (Å²) >= 11 is 0. The zero-order valence-electron chi connectivity index (χ0n) is 13.6. The van der Waals surface area contributed by atoms with Gasteiger partial charge in [-0.2, -0.15) is 0 Å².